The predicted molar refractivity (Wildman–Crippen MR) is 82.2 cm³/mol. The molecular formula is C14H24N6O. The highest BCUT2D eigenvalue weighted by molar-refractivity contribution is 5.43. The Morgan fingerprint density at radius 3 is 2.43 bits per heavy atom. The van der Waals surface area contributed by atoms with Gasteiger partial charge in [0, 0.05) is 13.1 Å². The Hall–Kier alpha value is -1.63. The topological polar surface area (TPSA) is 100 Å². The number of nitrogens with one attached hydrogen (secondary N) is 1. The summed E-state index contributed by atoms with van der Waals surface area (Å²) in [5.41, 5.74) is 5.53. The standard InChI is InChI=1S/C14H24N6O/c15-11-16-12(19-14(10-21)6-2-3-7-14)18-13(17-11)20-8-4-1-5-9-20/h21H,1-10H2,(H3,15,16,17,18,19). The maximum Gasteiger partial charge on any atom is 0.231 e. The Morgan fingerprint density at radius 1 is 1.05 bits per heavy atom. The second-order valence-electron chi connectivity index (χ2n) is 6.14. The zero-order valence-corrected chi connectivity index (χ0v) is 12.4. The molecule has 2 fully saturated rings. The highest BCUT2D eigenvalue weighted by atomic mass is 16.3. The van der Waals surface area contributed by atoms with Crippen molar-refractivity contribution >= 4 is 17.8 Å². The predicted octanol–water partition coefficient (Wildman–Crippen LogP) is 1.16. The normalized spacial score (nSPS) is 21.5. The van der Waals surface area contributed by atoms with Crippen molar-refractivity contribution in [3.05, 3.63) is 0 Å². The van der Waals surface area contributed by atoms with Crippen molar-refractivity contribution in [1.29, 1.82) is 0 Å². The van der Waals surface area contributed by atoms with Crippen molar-refractivity contribution in [2.24, 2.45) is 0 Å². The maximum absolute atomic E-state index is 9.69. The quantitative estimate of drug-likeness (QED) is 0.765. The minimum Gasteiger partial charge on any atom is -0.394 e. The number of nitrogens with zero attached hydrogens (tertiary/aromatic N) is 4. The smallest absolute Gasteiger partial charge is 0.231 e. The van der Waals surface area contributed by atoms with E-state index >= 15 is 0 Å². The van der Waals surface area contributed by atoms with Crippen LogP contribution in [-0.4, -0.2) is 45.3 Å². The van der Waals surface area contributed by atoms with E-state index in [1.165, 1.54) is 6.42 Å². The third kappa shape index (κ3) is 3.18. The second-order valence-corrected chi connectivity index (χ2v) is 6.14. The van der Waals surface area contributed by atoms with Crippen LogP contribution in [0.2, 0.25) is 0 Å². The van der Waals surface area contributed by atoms with E-state index in [0.29, 0.717) is 11.9 Å². The van der Waals surface area contributed by atoms with Gasteiger partial charge in [-0.1, -0.05) is 12.8 Å². The molecule has 0 atom stereocenters. The first kappa shape index (κ1) is 14.3. The largest absolute Gasteiger partial charge is 0.394 e. The van der Waals surface area contributed by atoms with E-state index in [0.717, 1.165) is 51.6 Å². The maximum atomic E-state index is 9.69. The molecule has 2 heterocycles. The van der Waals surface area contributed by atoms with Crippen molar-refractivity contribution in [1.82, 2.24) is 15.0 Å². The molecule has 21 heavy (non-hydrogen) atoms. The van der Waals surface area contributed by atoms with Gasteiger partial charge in [-0.25, -0.2) is 0 Å². The summed E-state index contributed by atoms with van der Waals surface area (Å²) in [6.07, 6.45) is 7.70. The molecule has 3 rings (SSSR count). The van der Waals surface area contributed by atoms with Gasteiger partial charge in [-0.3, -0.25) is 0 Å². The molecule has 1 saturated carbocycles. The van der Waals surface area contributed by atoms with Gasteiger partial charge in [0.2, 0.25) is 17.8 Å². The summed E-state index contributed by atoms with van der Waals surface area (Å²) < 4.78 is 0. The van der Waals surface area contributed by atoms with Crippen molar-refractivity contribution in [3.63, 3.8) is 0 Å². The summed E-state index contributed by atoms with van der Waals surface area (Å²) in [6.45, 7) is 2.03. The molecule has 0 spiro atoms. The highest BCUT2D eigenvalue weighted by Crippen LogP contribution is 2.32. The van der Waals surface area contributed by atoms with Crippen molar-refractivity contribution < 1.29 is 5.11 Å². The van der Waals surface area contributed by atoms with Crippen LogP contribution in [0.25, 0.3) is 0 Å². The van der Waals surface area contributed by atoms with Gasteiger partial charge in [0.25, 0.3) is 0 Å². The van der Waals surface area contributed by atoms with Crippen LogP contribution in [0.4, 0.5) is 17.8 Å². The molecule has 0 radical (unpaired) electrons. The number of rotatable bonds is 4. The van der Waals surface area contributed by atoms with Crippen LogP contribution in [0, 0.1) is 0 Å². The minimum atomic E-state index is -0.299. The summed E-state index contributed by atoms with van der Waals surface area (Å²) >= 11 is 0. The van der Waals surface area contributed by atoms with E-state index in [1.807, 2.05) is 0 Å². The molecule has 7 heteroatoms. The Bertz CT molecular complexity index is 482. The van der Waals surface area contributed by atoms with E-state index in [9.17, 15) is 5.11 Å². The molecule has 0 unspecified atom stereocenters. The van der Waals surface area contributed by atoms with Gasteiger partial charge in [0.1, 0.15) is 0 Å². The van der Waals surface area contributed by atoms with Crippen LogP contribution in [0.15, 0.2) is 0 Å². The SMILES string of the molecule is Nc1nc(NC2(CO)CCCC2)nc(N2CCCCC2)n1. The van der Waals surface area contributed by atoms with E-state index in [2.05, 4.69) is 25.2 Å². The average molecular weight is 292 g/mol. The van der Waals surface area contributed by atoms with Gasteiger partial charge in [0.15, 0.2) is 0 Å². The lowest BCUT2D eigenvalue weighted by Gasteiger charge is -2.30. The zero-order chi connectivity index (χ0) is 14.7. The van der Waals surface area contributed by atoms with Crippen LogP contribution in [0.1, 0.15) is 44.9 Å². The molecule has 0 amide bonds. The summed E-state index contributed by atoms with van der Waals surface area (Å²) in [5, 5.41) is 13.0. The number of aliphatic hydroxyl groups is 1. The molecule has 1 saturated heterocycles. The van der Waals surface area contributed by atoms with Crippen LogP contribution >= 0.6 is 0 Å². The number of aliphatic hydroxyl groups excluding tert-OH is 1. The van der Waals surface area contributed by atoms with E-state index < -0.39 is 0 Å². The minimum absolute atomic E-state index is 0.0949. The molecule has 1 aromatic heterocycles. The molecule has 1 aromatic rings. The number of anilines is 3. The van der Waals surface area contributed by atoms with Gasteiger partial charge in [-0.2, -0.15) is 15.0 Å². The van der Waals surface area contributed by atoms with Crippen LogP contribution in [-0.2, 0) is 0 Å². The summed E-state index contributed by atoms with van der Waals surface area (Å²) in [5.74, 6) is 1.37. The fourth-order valence-corrected chi connectivity index (χ4v) is 3.28. The lowest BCUT2D eigenvalue weighted by molar-refractivity contribution is 0.213. The van der Waals surface area contributed by atoms with Crippen molar-refractivity contribution in [2.75, 3.05) is 35.6 Å². The fraction of sp³-hybridized carbons (Fsp3) is 0.786. The van der Waals surface area contributed by atoms with Crippen LogP contribution in [0.5, 0.6) is 0 Å². The Morgan fingerprint density at radius 2 is 1.76 bits per heavy atom. The number of nitrogens with two attached hydrogens (primary N) is 1. The van der Waals surface area contributed by atoms with Crippen molar-refractivity contribution in [3.8, 4) is 0 Å². The third-order valence-electron chi connectivity index (χ3n) is 4.52. The molecule has 1 aliphatic heterocycles. The lowest BCUT2D eigenvalue weighted by atomic mass is 9.99. The van der Waals surface area contributed by atoms with E-state index in [4.69, 9.17) is 5.73 Å². The summed E-state index contributed by atoms with van der Waals surface area (Å²) in [4.78, 5) is 15.1. The Labute approximate surface area is 125 Å². The van der Waals surface area contributed by atoms with Crippen molar-refractivity contribution in [2.45, 2.75) is 50.5 Å². The van der Waals surface area contributed by atoms with Crippen LogP contribution < -0.4 is 16.0 Å². The molecule has 0 bridgehead atoms. The number of aromatic nitrogens is 3. The Kier molecular flexibility index (Phi) is 4.10. The second kappa shape index (κ2) is 6.01. The van der Waals surface area contributed by atoms with E-state index in [1.54, 1.807) is 0 Å². The number of hydrogen-bond acceptors (Lipinski definition) is 7. The summed E-state index contributed by atoms with van der Waals surface area (Å²) in [7, 11) is 0. The van der Waals surface area contributed by atoms with Crippen LogP contribution in [0.3, 0.4) is 0 Å². The average Bonchev–Trinajstić information content (AvgIpc) is 2.97. The van der Waals surface area contributed by atoms with E-state index in [-0.39, 0.29) is 18.1 Å². The summed E-state index contributed by atoms with van der Waals surface area (Å²) in [6, 6.07) is 0. The number of hydrogen-bond donors (Lipinski definition) is 3. The first-order valence-corrected chi connectivity index (χ1v) is 7.86. The fourth-order valence-electron chi connectivity index (χ4n) is 3.28. The van der Waals surface area contributed by atoms with Gasteiger partial charge in [-0.05, 0) is 32.1 Å². The lowest BCUT2D eigenvalue weighted by Crippen LogP contribution is -2.40. The van der Waals surface area contributed by atoms with Gasteiger partial charge in [0.05, 0.1) is 12.1 Å². The molecule has 7 nitrogen and oxygen atoms in total. The first-order valence-electron chi connectivity index (χ1n) is 7.86. The van der Waals surface area contributed by atoms with Gasteiger partial charge in [-0.15, -0.1) is 0 Å². The van der Waals surface area contributed by atoms with Gasteiger partial charge < -0.3 is 21.1 Å². The molecule has 4 N–H and O–H groups in total. The molecule has 1 aliphatic carbocycles. The number of nitrogen functional groups attached to an aromatic ring is 1. The molecule has 2 aliphatic rings. The third-order valence-corrected chi connectivity index (χ3v) is 4.52. The highest BCUT2D eigenvalue weighted by Gasteiger charge is 2.34. The molecule has 116 valence electrons. The molecule has 0 aromatic carbocycles. The first-order chi connectivity index (χ1) is 10.2. The van der Waals surface area contributed by atoms with Gasteiger partial charge >= 0.3 is 0 Å². The Balaban J connectivity index is 1.80. The number of piperidine rings is 1. The molecular weight excluding hydrogens is 268 g/mol. The monoisotopic (exact) mass is 292 g/mol. The zero-order valence-electron chi connectivity index (χ0n) is 12.4.